The first-order valence-corrected chi connectivity index (χ1v) is 11.0. The Bertz CT molecular complexity index is 1210. The summed E-state index contributed by atoms with van der Waals surface area (Å²) in [7, 11) is 0. The third-order valence-corrected chi connectivity index (χ3v) is 6.22. The summed E-state index contributed by atoms with van der Waals surface area (Å²) in [5.74, 6) is 1.13. The first-order chi connectivity index (χ1) is 15.7. The Morgan fingerprint density at radius 2 is 1.97 bits per heavy atom. The molecule has 8 heteroatoms. The minimum atomic E-state index is -0.0874. The Labute approximate surface area is 186 Å². The van der Waals surface area contributed by atoms with Gasteiger partial charge in [-0.1, -0.05) is 0 Å². The molecular formula is C24H24N6O2. The van der Waals surface area contributed by atoms with Crippen LogP contribution in [0.3, 0.4) is 0 Å². The Morgan fingerprint density at radius 1 is 1.16 bits per heavy atom. The molecule has 5 rings (SSSR count). The average molecular weight is 428 g/mol. The van der Waals surface area contributed by atoms with Gasteiger partial charge in [0.1, 0.15) is 11.9 Å². The van der Waals surface area contributed by atoms with Crippen LogP contribution in [0.1, 0.15) is 29.7 Å². The second-order valence-electron chi connectivity index (χ2n) is 8.28. The van der Waals surface area contributed by atoms with Gasteiger partial charge in [0.2, 0.25) is 0 Å². The number of piperidine rings is 1. The van der Waals surface area contributed by atoms with E-state index in [1.54, 1.807) is 29.2 Å². The SMILES string of the molecule is N#Cc1cc2c(nc1N1CCC(Cn3nc(-c4ccncc4)ccc3=O)CC1)CCOC2. The molecule has 0 saturated carbocycles. The maximum Gasteiger partial charge on any atom is 0.266 e. The van der Waals surface area contributed by atoms with E-state index in [0.717, 1.165) is 60.7 Å². The summed E-state index contributed by atoms with van der Waals surface area (Å²) in [6, 6.07) is 11.3. The Hall–Kier alpha value is -3.57. The molecule has 2 aliphatic rings. The minimum absolute atomic E-state index is 0.0874. The molecular weight excluding hydrogens is 404 g/mol. The molecule has 5 heterocycles. The number of pyridine rings is 2. The van der Waals surface area contributed by atoms with Crippen LogP contribution in [0, 0.1) is 17.2 Å². The molecule has 0 unspecified atom stereocenters. The van der Waals surface area contributed by atoms with Crippen molar-refractivity contribution < 1.29 is 4.74 Å². The quantitative estimate of drug-likeness (QED) is 0.630. The number of ether oxygens (including phenoxy) is 1. The standard InChI is InChI=1S/C24H24N6O2/c25-14-19-13-20-16-32-12-7-21(20)27-24(19)29-10-5-17(6-11-29)15-30-23(31)2-1-22(28-30)18-3-8-26-9-4-18/h1-4,8-9,13,17H,5-7,10-12,15-16H2. The van der Waals surface area contributed by atoms with Crippen LogP contribution in [0.25, 0.3) is 11.3 Å². The molecule has 0 radical (unpaired) electrons. The summed E-state index contributed by atoms with van der Waals surface area (Å²) in [6.45, 7) is 3.40. The van der Waals surface area contributed by atoms with Crippen molar-refractivity contribution in [3.05, 3.63) is 69.9 Å². The van der Waals surface area contributed by atoms with Crippen LogP contribution in [-0.4, -0.2) is 39.4 Å². The fourth-order valence-corrected chi connectivity index (χ4v) is 4.43. The summed E-state index contributed by atoms with van der Waals surface area (Å²) in [5.41, 5.74) is 4.29. The Balaban J connectivity index is 1.29. The van der Waals surface area contributed by atoms with Crippen LogP contribution in [0.15, 0.2) is 47.5 Å². The van der Waals surface area contributed by atoms with Crippen molar-refractivity contribution >= 4 is 5.82 Å². The van der Waals surface area contributed by atoms with E-state index in [4.69, 9.17) is 9.72 Å². The zero-order valence-electron chi connectivity index (χ0n) is 17.8. The minimum Gasteiger partial charge on any atom is -0.376 e. The molecule has 0 N–H and O–H groups in total. The second-order valence-corrected chi connectivity index (χ2v) is 8.28. The molecule has 1 saturated heterocycles. The van der Waals surface area contributed by atoms with Crippen molar-refractivity contribution in [1.29, 1.82) is 5.26 Å². The molecule has 0 amide bonds. The lowest BCUT2D eigenvalue weighted by molar-refractivity contribution is 0.109. The number of hydrogen-bond donors (Lipinski definition) is 0. The third kappa shape index (κ3) is 4.12. The van der Waals surface area contributed by atoms with E-state index in [-0.39, 0.29) is 5.56 Å². The number of rotatable bonds is 4. The highest BCUT2D eigenvalue weighted by Crippen LogP contribution is 2.28. The predicted molar refractivity (Wildman–Crippen MR) is 119 cm³/mol. The normalized spacial score (nSPS) is 16.4. The van der Waals surface area contributed by atoms with Gasteiger partial charge in [0.25, 0.3) is 5.56 Å². The summed E-state index contributed by atoms with van der Waals surface area (Å²) in [4.78, 5) is 23.5. The summed E-state index contributed by atoms with van der Waals surface area (Å²) < 4.78 is 7.08. The summed E-state index contributed by atoms with van der Waals surface area (Å²) >= 11 is 0. The number of nitriles is 1. The molecule has 0 bridgehead atoms. The Morgan fingerprint density at radius 3 is 2.75 bits per heavy atom. The molecule has 162 valence electrons. The number of fused-ring (bicyclic) bond motifs is 1. The van der Waals surface area contributed by atoms with Crippen molar-refractivity contribution in [2.45, 2.75) is 32.4 Å². The first kappa shape index (κ1) is 20.3. The van der Waals surface area contributed by atoms with Gasteiger partial charge in [-0.3, -0.25) is 9.78 Å². The van der Waals surface area contributed by atoms with E-state index < -0.39 is 0 Å². The predicted octanol–water partition coefficient (Wildman–Crippen LogP) is 2.56. The largest absolute Gasteiger partial charge is 0.376 e. The molecule has 3 aromatic rings. The topological polar surface area (TPSA) is 96.9 Å². The zero-order chi connectivity index (χ0) is 21.9. The van der Waals surface area contributed by atoms with Gasteiger partial charge in [-0.25, -0.2) is 9.67 Å². The van der Waals surface area contributed by atoms with Crippen molar-refractivity contribution in [3.8, 4) is 17.3 Å². The summed E-state index contributed by atoms with van der Waals surface area (Å²) in [6.07, 6.45) is 6.06. The third-order valence-electron chi connectivity index (χ3n) is 6.22. The molecule has 1 fully saturated rings. The van der Waals surface area contributed by atoms with E-state index in [0.29, 0.717) is 31.2 Å². The zero-order valence-corrected chi connectivity index (χ0v) is 17.8. The lowest BCUT2D eigenvalue weighted by Gasteiger charge is -2.34. The molecule has 0 spiro atoms. The molecule has 2 aliphatic heterocycles. The van der Waals surface area contributed by atoms with Gasteiger partial charge in [0.05, 0.1) is 30.2 Å². The van der Waals surface area contributed by atoms with Gasteiger partial charge in [0, 0.05) is 55.6 Å². The highest BCUT2D eigenvalue weighted by Gasteiger charge is 2.25. The van der Waals surface area contributed by atoms with Gasteiger partial charge in [-0.2, -0.15) is 10.4 Å². The van der Waals surface area contributed by atoms with Gasteiger partial charge >= 0.3 is 0 Å². The van der Waals surface area contributed by atoms with Crippen LogP contribution in [0.2, 0.25) is 0 Å². The van der Waals surface area contributed by atoms with Crippen molar-refractivity contribution in [3.63, 3.8) is 0 Å². The van der Waals surface area contributed by atoms with E-state index in [1.165, 1.54) is 0 Å². The van der Waals surface area contributed by atoms with Crippen molar-refractivity contribution in [2.75, 3.05) is 24.6 Å². The smallest absolute Gasteiger partial charge is 0.266 e. The summed E-state index contributed by atoms with van der Waals surface area (Å²) in [5, 5.41) is 14.2. The van der Waals surface area contributed by atoms with Crippen molar-refractivity contribution in [2.24, 2.45) is 5.92 Å². The monoisotopic (exact) mass is 428 g/mol. The number of hydrogen-bond acceptors (Lipinski definition) is 7. The van der Waals surface area contributed by atoms with Crippen molar-refractivity contribution in [1.82, 2.24) is 19.7 Å². The molecule has 0 atom stereocenters. The highest BCUT2D eigenvalue weighted by molar-refractivity contribution is 5.57. The Kier molecular flexibility index (Phi) is 5.65. The number of anilines is 1. The van der Waals surface area contributed by atoms with Gasteiger partial charge in [0.15, 0.2) is 0 Å². The maximum absolute atomic E-state index is 12.4. The first-order valence-electron chi connectivity index (χ1n) is 11.0. The van der Waals surface area contributed by atoms with E-state index >= 15 is 0 Å². The number of aromatic nitrogens is 4. The van der Waals surface area contributed by atoms with E-state index in [9.17, 15) is 10.1 Å². The molecule has 0 aromatic carbocycles. The lowest BCUT2D eigenvalue weighted by Crippen LogP contribution is -2.38. The average Bonchev–Trinajstić information content (AvgIpc) is 2.85. The number of nitrogens with zero attached hydrogens (tertiary/aromatic N) is 6. The molecule has 3 aromatic heterocycles. The van der Waals surface area contributed by atoms with Crippen LogP contribution in [0.4, 0.5) is 5.82 Å². The molecule has 0 aliphatic carbocycles. The highest BCUT2D eigenvalue weighted by atomic mass is 16.5. The fraction of sp³-hybridized carbons (Fsp3) is 0.375. The van der Waals surface area contributed by atoms with Crippen LogP contribution >= 0.6 is 0 Å². The van der Waals surface area contributed by atoms with Gasteiger partial charge in [-0.05, 0) is 43.0 Å². The van der Waals surface area contributed by atoms with Crippen LogP contribution in [0.5, 0.6) is 0 Å². The lowest BCUT2D eigenvalue weighted by atomic mass is 9.96. The molecule has 32 heavy (non-hydrogen) atoms. The molecule has 8 nitrogen and oxygen atoms in total. The van der Waals surface area contributed by atoms with Gasteiger partial charge < -0.3 is 9.64 Å². The maximum atomic E-state index is 12.4. The fourth-order valence-electron chi connectivity index (χ4n) is 4.43. The van der Waals surface area contributed by atoms with Crippen LogP contribution in [-0.2, 0) is 24.3 Å². The second kappa shape index (κ2) is 8.89. The van der Waals surface area contributed by atoms with Crippen LogP contribution < -0.4 is 10.5 Å². The van der Waals surface area contributed by atoms with Gasteiger partial charge in [-0.15, -0.1) is 0 Å². The van der Waals surface area contributed by atoms with E-state index in [1.807, 2.05) is 18.2 Å². The van der Waals surface area contributed by atoms with E-state index in [2.05, 4.69) is 21.1 Å².